The van der Waals surface area contributed by atoms with Crippen molar-refractivity contribution in [3.8, 4) is 0 Å². The first-order chi connectivity index (χ1) is 7.93. The van der Waals surface area contributed by atoms with Crippen LogP contribution in [0.3, 0.4) is 0 Å². The van der Waals surface area contributed by atoms with E-state index in [9.17, 15) is 0 Å². The van der Waals surface area contributed by atoms with Crippen LogP contribution in [0.2, 0.25) is 0 Å². The van der Waals surface area contributed by atoms with Gasteiger partial charge in [0.1, 0.15) is 0 Å². The number of hydrogen-bond acceptors (Lipinski definition) is 0. The first kappa shape index (κ1) is 20.3. The maximum absolute atomic E-state index is 2.43. The van der Waals surface area contributed by atoms with Gasteiger partial charge in [0.15, 0.2) is 0 Å². The Balaban J connectivity index is 0. The summed E-state index contributed by atoms with van der Waals surface area (Å²) in [5.41, 5.74) is 1.85. The van der Waals surface area contributed by atoms with Crippen molar-refractivity contribution < 1.29 is 0 Å². The van der Waals surface area contributed by atoms with Gasteiger partial charge in [0.05, 0.1) is 0 Å². The molecule has 0 spiro atoms. The van der Waals surface area contributed by atoms with Gasteiger partial charge in [0.2, 0.25) is 0 Å². The van der Waals surface area contributed by atoms with Crippen molar-refractivity contribution in [1.29, 1.82) is 0 Å². The van der Waals surface area contributed by atoms with Crippen molar-refractivity contribution in [3.05, 3.63) is 0 Å². The second-order valence-corrected chi connectivity index (χ2v) is 8.43. The monoisotopic (exact) mass is 256 g/mol. The van der Waals surface area contributed by atoms with E-state index in [0.29, 0.717) is 16.2 Å². The first-order valence-electron chi connectivity index (χ1n) is 7.93. The highest BCUT2D eigenvalue weighted by Crippen LogP contribution is 2.65. The highest BCUT2D eigenvalue weighted by Gasteiger charge is 2.56. The maximum atomic E-state index is 2.43. The second kappa shape index (κ2) is 8.23. The molecule has 0 heteroatoms. The minimum absolute atomic E-state index is 0.500. The molecule has 0 heterocycles. The van der Waals surface area contributed by atoms with Crippen LogP contribution in [0, 0.1) is 16.2 Å². The fourth-order valence-electron chi connectivity index (χ4n) is 1.92. The van der Waals surface area contributed by atoms with E-state index in [1.165, 1.54) is 32.1 Å². The van der Waals surface area contributed by atoms with Crippen LogP contribution < -0.4 is 0 Å². The molecule has 0 aliphatic heterocycles. The normalized spacial score (nSPS) is 24.3. The molecule has 0 aromatic carbocycles. The quantitative estimate of drug-likeness (QED) is 0.506. The molecule has 0 bridgehead atoms. The van der Waals surface area contributed by atoms with E-state index >= 15 is 0 Å². The molecule has 1 atom stereocenters. The summed E-state index contributed by atoms with van der Waals surface area (Å²) in [6.07, 6.45) is 6.90. The van der Waals surface area contributed by atoms with Crippen LogP contribution in [0.15, 0.2) is 0 Å². The molecule has 0 saturated heterocycles. The van der Waals surface area contributed by atoms with E-state index in [-0.39, 0.29) is 0 Å². The summed E-state index contributed by atoms with van der Waals surface area (Å²) in [7, 11) is 0. The van der Waals surface area contributed by atoms with Gasteiger partial charge in [-0.3, -0.25) is 0 Å². The smallest absolute Gasteiger partial charge is 0.0269 e. The largest absolute Gasteiger partial charge is 0.0656 e. The lowest BCUT2D eigenvalue weighted by Crippen LogP contribution is -2.02. The highest BCUT2D eigenvalue weighted by atomic mass is 14.6. The third-order valence-electron chi connectivity index (χ3n) is 3.42. The Morgan fingerprint density at radius 3 is 1.33 bits per heavy atom. The van der Waals surface area contributed by atoms with Gasteiger partial charge in [-0.15, -0.1) is 0 Å². The summed E-state index contributed by atoms with van der Waals surface area (Å²) < 4.78 is 0. The lowest BCUT2D eigenvalue weighted by Gasteiger charge is -2.13. The molecule has 0 aromatic rings. The van der Waals surface area contributed by atoms with Crippen molar-refractivity contribution in [2.75, 3.05) is 0 Å². The third kappa shape index (κ3) is 11.1. The predicted octanol–water partition coefficient (Wildman–Crippen LogP) is 7.08. The van der Waals surface area contributed by atoms with Crippen molar-refractivity contribution in [2.24, 2.45) is 16.2 Å². The van der Waals surface area contributed by atoms with Crippen molar-refractivity contribution >= 4 is 0 Å². The zero-order valence-corrected chi connectivity index (χ0v) is 15.0. The SMILES string of the molecule is CC(C)(C)C.CCC.CCCC[C@@]1(C)CC1(C)C. The Hall–Kier alpha value is 0. The highest BCUT2D eigenvalue weighted by molar-refractivity contribution is 5.05. The molecule has 1 fully saturated rings. The van der Waals surface area contributed by atoms with Gasteiger partial charge < -0.3 is 0 Å². The molecule has 112 valence electrons. The van der Waals surface area contributed by atoms with Gasteiger partial charge in [-0.1, -0.05) is 88.5 Å². The molecule has 1 rings (SSSR count). The third-order valence-corrected chi connectivity index (χ3v) is 3.42. The topological polar surface area (TPSA) is 0 Å². The summed E-state index contributed by atoms with van der Waals surface area (Å²) >= 11 is 0. The zero-order valence-electron chi connectivity index (χ0n) is 15.0. The Kier molecular flexibility index (Phi) is 9.29. The number of rotatable bonds is 3. The van der Waals surface area contributed by atoms with Gasteiger partial charge in [0.25, 0.3) is 0 Å². The Morgan fingerprint density at radius 1 is 0.889 bits per heavy atom. The maximum Gasteiger partial charge on any atom is -0.0269 e. The van der Waals surface area contributed by atoms with Crippen LogP contribution >= 0.6 is 0 Å². The van der Waals surface area contributed by atoms with E-state index in [1.807, 2.05) is 0 Å². The van der Waals surface area contributed by atoms with E-state index in [4.69, 9.17) is 0 Å². The van der Waals surface area contributed by atoms with Crippen LogP contribution in [0.1, 0.15) is 101 Å². The number of hydrogen-bond donors (Lipinski definition) is 0. The van der Waals surface area contributed by atoms with Gasteiger partial charge in [-0.2, -0.15) is 0 Å². The molecule has 0 N–H and O–H groups in total. The average molecular weight is 257 g/mol. The van der Waals surface area contributed by atoms with Crippen LogP contribution in [-0.4, -0.2) is 0 Å². The van der Waals surface area contributed by atoms with Gasteiger partial charge in [-0.25, -0.2) is 0 Å². The lowest BCUT2D eigenvalue weighted by atomic mass is 9.92. The van der Waals surface area contributed by atoms with E-state index in [0.717, 1.165) is 0 Å². The average Bonchev–Trinajstić information content (AvgIpc) is 2.61. The van der Waals surface area contributed by atoms with Gasteiger partial charge in [0, 0.05) is 0 Å². The molecule has 18 heavy (non-hydrogen) atoms. The summed E-state index contributed by atoms with van der Waals surface area (Å²) in [6.45, 7) is 22.5. The summed E-state index contributed by atoms with van der Waals surface area (Å²) in [6, 6.07) is 0. The van der Waals surface area contributed by atoms with Crippen LogP contribution in [0.25, 0.3) is 0 Å². The van der Waals surface area contributed by atoms with E-state index in [1.54, 1.807) is 0 Å². The standard InChI is InChI=1S/C10H20.C5H12.C3H8/c1-5-6-7-10(4)8-9(10,2)3;1-5(2,3)4;1-3-2/h5-8H2,1-4H3;1-4H3;3H2,1-2H3/t10-;;/m0../s1. The molecular formula is C18H40. The van der Waals surface area contributed by atoms with Gasteiger partial charge in [-0.05, 0) is 29.1 Å². The molecule has 1 aliphatic rings. The Morgan fingerprint density at radius 2 is 1.17 bits per heavy atom. The Bertz CT molecular complexity index is 189. The molecule has 0 radical (unpaired) electrons. The lowest BCUT2D eigenvalue weighted by molar-refractivity contribution is 0.378. The van der Waals surface area contributed by atoms with E-state index < -0.39 is 0 Å². The van der Waals surface area contributed by atoms with Crippen LogP contribution in [-0.2, 0) is 0 Å². The molecule has 0 aromatic heterocycles. The predicted molar refractivity (Wildman–Crippen MR) is 87.1 cm³/mol. The second-order valence-electron chi connectivity index (χ2n) is 8.43. The van der Waals surface area contributed by atoms with Crippen molar-refractivity contribution in [3.63, 3.8) is 0 Å². The minimum Gasteiger partial charge on any atom is -0.0656 e. The molecular weight excluding hydrogens is 216 g/mol. The summed E-state index contributed by atoms with van der Waals surface area (Å²) in [5, 5.41) is 0. The zero-order chi connectivity index (χ0) is 15.0. The van der Waals surface area contributed by atoms with Crippen LogP contribution in [0.5, 0.6) is 0 Å². The molecule has 0 amide bonds. The summed E-state index contributed by atoms with van der Waals surface area (Å²) in [4.78, 5) is 0. The minimum atomic E-state index is 0.500. The fourth-order valence-corrected chi connectivity index (χ4v) is 1.92. The Labute approximate surface area is 118 Å². The van der Waals surface area contributed by atoms with Crippen LogP contribution in [0.4, 0.5) is 0 Å². The molecule has 0 nitrogen and oxygen atoms in total. The van der Waals surface area contributed by atoms with Crippen molar-refractivity contribution in [2.45, 2.75) is 101 Å². The number of unbranched alkanes of at least 4 members (excludes halogenated alkanes) is 1. The fraction of sp³-hybridized carbons (Fsp3) is 1.00. The molecule has 1 aliphatic carbocycles. The molecule has 1 saturated carbocycles. The summed E-state index contributed by atoms with van der Waals surface area (Å²) in [5.74, 6) is 0. The van der Waals surface area contributed by atoms with E-state index in [2.05, 4.69) is 69.2 Å². The van der Waals surface area contributed by atoms with Crippen molar-refractivity contribution in [1.82, 2.24) is 0 Å². The molecule has 0 unspecified atom stereocenters. The van der Waals surface area contributed by atoms with Gasteiger partial charge >= 0.3 is 0 Å². The first-order valence-corrected chi connectivity index (χ1v) is 7.93.